The van der Waals surface area contributed by atoms with Gasteiger partial charge >= 0.3 is 5.97 Å². The highest BCUT2D eigenvalue weighted by Crippen LogP contribution is 2.38. The molecule has 2 aromatic rings. The van der Waals surface area contributed by atoms with Crippen molar-refractivity contribution in [2.75, 3.05) is 13.6 Å². The van der Waals surface area contributed by atoms with Gasteiger partial charge in [-0.05, 0) is 18.2 Å². The molecule has 0 aliphatic carbocycles. The molecule has 3 rings (SSSR count). The van der Waals surface area contributed by atoms with Gasteiger partial charge in [0.2, 0.25) is 0 Å². The molecule has 0 aromatic heterocycles. The molecule has 1 aliphatic heterocycles. The third kappa shape index (κ3) is 2.45. The summed E-state index contributed by atoms with van der Waals surface area (Å²) in [5.41, 5.74) is 2.19. The molecule has 0 unspecified atom stereocenters. The van der Waals surface area contributed by atoms with E-state index in [0.29, 0.717) is 6.54 Å². The van der Waals surface area contributed by atoms with Crippen LogP contribution in [-0.2, 0) is 9.53 Å². The number of hydrogen-bond donors (Lipinski definition) is 0. The fraction of sp³-hybridized carbons (Fsp3) is 0.235. The number of cyclic esters (lactones) is 1. The van der Waals surface area contributed by atoms with Crippen LogP contribution in [0.25, 0.3) is 0 Å². The van der Waals surface area contributed by atoms with Gasteiger partial charge in [-0.15, -0.1) is 0 Å². The third-order valence-corrected chi connectivity index (χ3v) is 3.67. The lowest BCUT2D eigenvalue weighted by molar-refractivity contribution is -0.164. The molecule has 2 aromatic carbocycles. The zero-order chi connectivity index (χ0) is 13.9. The van der Waals surface area contributed by atoms with Gasteiger partial charge in [0.1, 0.15) is 6.10 Å². The fourth-order valence-corrected chi connectivity index (χ4v) is 2.75. The first-order valence-electron chi connectivity index (χ1n) is 6.75. The molecule has 1 aliphatic rings. The maximum atomic E-state index is 11.8. The highest BCUT2D eigenvalue weighted by Gasteiger charge is 2.36. The number of esters is 1. The Morgan fingerprint density at radius 2 is 1.50 bits per heavy atom. The van der Waals surface area contributed by atoms with Gasteiger partial charge in [0.15, 0.2) is 0 Å². The molecule has 1 fully saturated rings. The SMILES string of the molecule is CN1CC(=O)O[C@@H](c2ccccc2)[C@H]1c1ccccc1. The van der Waals surface area contributed by atoms with Gasteiger partial charge in [0, 0.05) is 0 Å². The van der Waals surface area contributed by atoms with Gasteiger partial charge in [-0.2, -0.15) is 0 Å². The highest BCUT2D eigenvalue weighted by molar-refractivity contribution is 5.73. The zero-order valence-electron chi connectivity index (χ0n) is 11.4. The first kappa shape index (κ1) is 12.9. The number of likely N-dealkylation sites (N-methyl/N-ethyl adjacent to an activating group) is 1. The van der Waals surface area contributed by atoms with Crippen molar-refractivity contribution in [1.29, 1.82) is 0 Å². The lowest BCUT2D eigenvalue weighted by Gasteiger charge is -2.38. The Morgan fingerprint density at radius 1 is 0.950 bits per heavy atom. The minimum atomic E-state index is -0.259. The number of benzene rings is 2. The smallest absolute Gasteiger partial charge is 0.320 e. The Hall–Kier alpha value is -2.13. The number of rotatable bonds is 2. The maximum absolute atomic E-state index is 11.8. The predicted molar refractivity (Wildman–Crippen MR) is 77.1 cm³/mol. The van der Waals surface area contributed by atoms with Crippen molar-refractivity contribution in [1.82, 2.24) is 4.90 Å². The largest absolute Gasteiger partial charge is 0.454 e. The minimum absolute atomic E-state index is 0.0521. The molecule has 1 saturated heterocycles. The van der Waals surface area contributed by atoms with Gasteiger partial charge in [-0.25, -0.2) is 0 Å². The van der Waals surface area contributed by atoms with E-state index in [-0.39, 0.29) is 18.1 Å². The first-order chi connectivity index (χ1) is 9.75. The van der Waals surface area contributed by atoms with E-state index in [9.17, 15) is 4.79 Å². The van der Waals surface area contributed by atoms with Crippen LogP contribution in [0.1, 0.15) is 23.3 Å². The van der Waals surface area contributed by atoms with Crippen molar-refractivity contribution in [2.45, 2.75) is 12.1 Å². The Labute approximate surface area is 118 Å². The average Bonchev–Trinajstić information content (AvgIpc) is 2.48. The number of carbonyl (C=O) groups is 1. The highest BCUT2D eigenvalue weighted by atomic mass is 16.5. The lowest BCUT2D eigenvalue weighted by Crippen LogP contribution is -2.41. The maximum Gasteiger partial charge on any atom is 0.320 e. The van der Waals surface area contributed by atoms with Gasteiger partial charge in [-0.1, -0.05) is 60.7 Å². The fourth-order valence-electron chi connectivity index (χ4n) is 2.75. The molecule has 2 atom stereocenters. The van der Waals surface area contributed by atoms with Crippen LogP contribution < -0.4 is 0 Å². The molecule has 0 amide bonds. The lowest BCUT2D eigenvalue weighted by atomic mass is 9.93. The summed E-state index contributed by atoms with van der Waals surface area (Å²) in [7, 11) is 1.97. The molecule has 0 bridgehead atoms. The second-order valence-corrected chi connectivity index (χ2v) is 5.09. The van der Waals surface area contributed by atoms with Gasteiger partial charge in [0.05, 0.1) is 12.6 Å². The topological polar surface area (TPSA) is 29.5 Å². The van der Waals surface area contributed by atoms with Gasteiger partial charge < -0.3 is 4.74 Å². The number of hydrogen-bond acceptors (Lipinski definition) is 3. The van der Waals surface area contributed by atoms with E-state index in [1.807, 2.05) is 55.6 Å². The Kier molecular flexibility index (Phi) is 3.52. The summed E-state index contributed by atoms with van der Waals surface area (Å²) >= 11 is 0. The monoisotopic (exact) mass is 267 g/mol. The summed E-state index contributed by atoms with van der Waals surface area (Å²) in [5, 5.41) is 0. The summed E-state index contributed by atoms with van der Waals surface area (Å²) in [5.74, 6) is -0.173. The standard InChI is InChI=1S/C17H17NO2/c1-18-12-15(19)20-17(14-10-6-3-7-11-14)16(18)13-8-4-2-5-9-13/h2-11,16-17H,12H2,1H3/t16-,17+/m1/s1. The van der Waals surface area contributed by atoms with Crippen LogP contribution in [0.2, 0.25) is 0 Å². The molecule has 0 saturated carbocycles. The van der Waals surface area contributed by atoms with Crippen molar-refractivity contribution in [3.8, 4) is 0 Å². The molecule has 102 valence electrons. The summed E-state index contributed by atoms with van der Waals surface area (Å²) in [6, 6.07) is 20.2. The van der Waals surface area contributed by atoms with Crippen LogP contribution in [0, 0.1) is 0 Å². The molecule has 3 nitrogen and oxygen atoms in total. The summed E-state index contributed by atoms with van der Waals surface area (Å²) in [4.78, 5) is 13.8. The second kappa shape index (κ2) is 5.47. The molecule has 0 radical (unpaired) electrons. The molecule has 0 spiro atoms. The van der Waals surface area contributed by atoms with Crippen LogP contribution in [0.5, 0.6) is 0 Å². The Morgan fingerprint density at radius 3 is 2.10 bits per heavy atom. The number of nitrogens with zero attached hydrogens (tertiary/aromatic N) is 1. The molecule has 1 heterocycles. The molecule has 3 heteroatoms. The quantitative estimate of drug-likeness (QED) is 0.783. The summed E-state index contributed by atoms with van der Waals surface area (Å²) in [6.07, 6.45) is -0.259. The minimum Gasteiger partial charge on any atom is -0.454 e. The molecule has 0 N–H and O–H groups in total. The van der Waals surface area contributed by atoms with E-state index in [1.165, 1.54) is 0 Å². The van der Waals surface area contributed by atoms with E-state index < -0.39 is 0 Å². The van der Waals surface area contributed by atoms with E-state index in [4.69, 9.17) is 4.74 Å². The van der Waals surface area contributed by atoms with Gasteiger partial charge in [-0.3, -0.25) is 9.69 Å². The number of morpholine rings is 1. The zero-order valence-corrected chi connectivity index (χ0v) is 11.4. The van der Waals surface area contributed by atoms with Crippen LogP contribution >= 0.6 is 0 Å². The molecule has 20 heavy (non-hydrogen) atoms. The molecular formula is C17H17NO2. The van der Waals surface area contributed by atoms with E-state index in [0.717, 1.165) is 11.1 Å². The average molecular weight is 267 g/mol. The summed E-state index contributed by atoms with van der Waals surface area (Å²) < 4.78 is 5.63. The van der Waals surface area contributed by atoms with E-state index in [2.05, 4.69) is 17.0 Å². The van der Waals surface area contributed by atoms with Gasteiger partial charge in [0.25, 0.3) is 0 Å². The van der Waals surface area contributed by atoms with E-state index >= 15 is 0 Å². The van der Waals surface area contributed by atoms with E-state index in [1.54, 1.807) is 0 Å². The number of carbonyl (C=O) groups excluding carboxylic acids is 1. The van der Waals surface area contributed by atoms with Crippen LogP contribution in [0.15, 0.2) is 60.7 Å². The Balaban J connectivity index is 2.01. The number of ether oxygens (including phenoxy) is 1. The van der Waals surface area contributed by atoms with Crippen LogP contribution in [-0.4, -0.2) is 24.5 Å². The third-order valence-electron chi connectivity index (χ3n) is 3.67. The van der Waals surface area contributed by atoms with Crippen LogP contribution in [0.4, 0.5) is 0 Å². The predicted octanol–water partition coefficient (Wildman–Crippen LogP) is 2.96. The first-order valence-corrected chi connectivity index (χ1v) is 6.75. The van der Waals surface area contributed by atoms with Crippen molar-refractivity contribution in [2.24, 2.45) is 0 Å². The van der Waals surface area contributed by atoms with Crippen molar-refractivity contribution in [3.05, 3.63) is 71.8 Å². The normalized spacial score (nSPS) is 23.4. The second-order valence-electron chi connectivity index (χ2n) is 5.09. The van der Waals surface area contributed by atoms with Crippen LogP contribution in [0.3, 0.4) is 0 Å². The van der Waals surface area contributed by atoms with Crippen molar-refractivity contribution in [3.63, 3.8) is 0 Å². The van der Waals surface area contributed by atoms with Crippen molar-refractivity contribution < 1.29 is 9.53 Å². The van der Waals surface area contributed by atoms with Crippen molar-refractivity contribution >= 4 is 5.97 Å². The summed E-state index contributed by atoms with van der Waals surface area (Å²) in [6.45, 7) is 0.322. The Bertz CT molecular complexity index is 582. The molecular weight excluding hydrogens is 250 g/mol.